The van der Waals surface area contributed by atoms with Crippen LogP contribution in [-0.4, -0.2) is 5.91 Å². The molecule has 0 saturated heterocycles. The molecule has 0 saturated carbocycles. The van der Waals surface area contributed by atoms with Crippen LogP contribution in [0.5, 0.6) is 0 Å². The molecule has 0 aliphatic heterocycles. The summed E-state index contributed by atoms with van der Waals surface area (Å²) >= 11 is 5.96. The Labute approximate surface area is 191 Å². The van der Waals surface area contributed by atoms with Gasteiger partial charge in [0.1, 0.15) is 0 Å². The van der Waals surface area contributed by atoms with Crippen LogP contribution < -0.4 is 5.32 Å². The van der Waals surface area contributed by atoms with E-state index in [2.05, 4.69) is 5.32 Å². The summed E-state index contributed by atoms with van der Waals surface area (Å²) in [5.41, 5.74) is -0.312. The minimum absolute atomic E-state index is 0.0465. The van der Waals surface area contributed by atoms with E-state index in [0.29, 0.717) is 23.1 Å². The van der Waals surface area contributed by atoms with Crippen molar-refractivity contribution in [3.05, 3.63) is 92.5 Å². The van der Waals surface area contributed by atoms with Crippen LogP contribution in [0.2, 0.25) is 5.02 Å². The fourth-order valence-electron chi connectivity index (χ4n) is 3.46. The molecule has 1 aliphatic carbocycles. The van der Waals surface area contributed by atoms with Gasteiger partial charge in [0.15, 0.2) is 0 Å². The van der Waals surface area contributed by atoms with Crippen LogP contribution in [0.4, 0.5) is 32.0 Å². The lowest BCUT2D eigenvalue weighted by Gasteiger charge is -2.20. The SMILES string of the molecule is CC1=CC(C(=O)Nc2cc(C(F)(F)F)ccc2Cl)=C(C)/C(=C\c2ccccc2C(F)(F)F)C1. The van der Waals surface area contributed by atoms with Gasteiger partial charge >= 0.3 is 12.4 Å². The van der Waals surface area contributed by atoms with Crippen molar-refractivity contribution in [2.24, 2.45) is 0 Å². The Morgan fingerprint density at radius 2 is 1.67 bits per heavy atom. The number of hydrogen-bond acceptors (Lipinski definition) is 1. The van der Waals surface area contributed by atoms with Crippen LogP contribution in [0.3, 0.4) is 0 Å². The Morgan fingerprint density at radius 3 is 2.30 bits per heavy atom. The number of carbonyl (C=O) groups excluding carboxylic acids is 1. The van der Waals surface area contributed by atoms with Crippen LogP contribution in [-0.2, 0) is 17.1 Å². The lowest BCUT2D eigenvalue weighted by atomic mass is 9.87. The molecule has 33 heavy (non-hydrogen) atoms. The van der Waals surface area contributed by atoms with E-state index in [1.165, 1.54) is 24.3 Å². The maximum atomic E-state index is 13.4. The Balaban J connectivity index is 2.00. The number of nitrogens with one attached hydrogen (secondary N) is 1. The average molecular weight is 486 g/mol. The van der Waals surface area contributed by atoms with E-state index >= 15 is 0 Å². The summed E-state index contributed by atoms with van der Waals surface area (Å²) < 4.78 is 79.2. The second-order valence-electron chi connectivity index (χ2n) is 7.61. The predicted molar refractivity (Wildman–Crippen MR) is 116 cm³/mol. The van der Waals surface area contributed by atoms with E-state index in [1.807, 2.05) is 0 Å². The second-order valence-corrected chi connectivity index (χ2v) is 8.01. The third-order valence-electron chi connectivity index (χ3n) is 5.13. The van der Waals surface area contributed by atoms with Gasteiger partial charge in [-0.25, -0.2) is 0 Å². The molecule has 2 aromatic carbocycles. The van der Waals surface area contributed by atoms with Crippen LogP contribution in [0.15, 0.2) is 70.8 Å². The Hall–Kier alpha value is -3.00. The zero-order valence-electron chi connectivity index (χ0n) is 17.5. The van der Waals surface area contributed by atoms with Gasteiger partial charge in [-0.05, 0) is 67.3 Å². The normalized spacial score (nSPS) is 16.2. The fourth-order valence-corrected chi connectivity index (χ4v) is 3.63. The van der Waals surface area contributed by atoms with Gasteiger partial charge in [-0.2, -0.15) is 26.3 Å². The summed E-state index contributed by atoms with van der Waals surface area (Å²) in [5, 5.41) is 2.30. The molecule has 0 fully saturated rings. The number of allylic oxidation sites excluding steroid dienone is 3. The molecular weight excluding hydrogens is 468 g/mol. The fraction of sp³-hybridized carbons (Fsp3) is 0.208. The van der Waals surface area contributed by atoms with Crippen molar-refractivity contribution in [1.29, 1.82) is 0 Å². The van der Waals surface area contributed by atoms with Crippen LogP contribution in [0.25, 0.3) is 6.08 Å². The third-order valence-corrected chi connectivity index (χ3v) is 5.46. The van der Waals surface area contributed by atoms with Crippen molar-refractivity contribution in [3.63, 3.8) is 0 Å². The molecule has 1 amide bonds. The van der Waals surface area contributed by atoms with Crippen LogP contribution >= 0.6 is 11.6 Å². The highest BCUT2D eigenvalue weighted by atomic mass is 35.5. The molecule has 1 N–H and O–H groups in total. The van der Waals surface area contributed by atoms with Gasteiger partial charge in [0.25, 0.3) is 5.91 Å². The number of benzene rings is 2. The third kappa shape index (κ3) is 5.68. The van der Waals surface area contributed by atoms with Gasteiger partial charge in [-0.15, -0.1) is 0 Å². The number of halogens is 7. The largest absolute Gasteiger partial charge is 0.416 e. The Bertz CT molecular complexity index is 1190. The number of hydrogen-bond donors (Lipinski definition) is 1. The van der Waals surface area contributed by atoms with Crippen molar-refractivity contribution in [1.82, 2.24) is 0 Å². The molecule has 2 aromatic rings. The van der Waals surface area contributed by atoms with Gasteiger partial charge < -0.3 is 5.32 Å². The van der Waals surface area contributed by atoms with Crippen LogP contribution in [0, 0.1) is 0 Å². The minimum Gasteiger partial charge on any atom is -0.321 e. The molecule has 0 unspecified atom stereocenters. The van der Waals surface area contributed by atoms with Gasteiger partial charge in [-0.3, -0.25) is 4.79 Å². The summed E-state index contributed by atoms with van der Waals surface area (Å²) in [6, 6.07) is 7.63. The maximum Gasteiger partial charge on any atom is 0.416 e. The summed E-state index contributed by atoms with van der Waals surface area (Å²) in [4.78, 5) is 12.9. The topological polar surface area (TPSA) is 29.1 Å². The first-order valence-electron chi connectivity index (χ1n) is 9.70. The van der Waals surface area contributed by atoms with E-state index in [-0.39, 0.29) is 21.8 Å². The monoisotopic (exact) mass is 485 g/mol. The quantitative estimate of drug-likeness (QED) is 0.438. The van der Waals surface area contributed by atoms with E-state index in [4.69, 9.17) is 11.6 Å². The first-order valence-corrected chi connectivity index (χ1v) is 10.1. The van der Waals surface area contributed by atoms with Crippen molar-refractivity contribution in [2.75, 3.05) is 5.32 Å². The predicted octanol–water partition coefficient (Wildman–Crippen LogP) is 8.07. The Kier molecular flexibility index (Phi) is 6.79. The van der Waals surface area contributed by atoms with E-state index in [0.717, 1.165) is 24.3 Å². The first kappa shape index (κ1) is 24.6. The highest BCUT2D eigenvalue weighted by Gasteiger charge is 2.33. The van der Waals surface area contributed by atoms with E-state index in [1.54, 1.807) is 19.9 Å². The van der Waals surface area contributed by atoms with Gasteiger partial charge in [-0.1, -0.05) is 41.4 Å². The highest BCUT2D eigenvalue weighted by molar-refractivity contribution is 6.34. The number of alkyl halides is 6. The summed E-state index contributed by atoms with van der Waals surface area (Å²) in [6.45, 7) is 3.29. The molecular formula is C24H18ClF6NO. The summed E-state index contributed by atoms with van der Waals surface area (Å²) in [5.74, 6) is -0.720. The standard InChI is InChI=1S/C24H18ClF6NO/c1-13-9-16(11-15-5-3-4-6-19(15)24(29,30)31)14(2)18(10-13)22(33)32-21-12-17(23(26,27)28)7-8-20(21)25/h3-8,10-12H,9H2,1-2H3,(H,32,33)/b16-11-. The second kappa shape index (κ2) is 9.09. The molecule has 0 aromatic heterocycles. The van der Waals surface area contributed by atoms with Crippen LogP contribution in [0.1, 0.15) is 37.0 Å². The van der Waals surface area contributed by atoms with Gasteiger partial charge in [0.2, 0.25) is 0 Å². The number of amides is 1. The number of carbonyl (C=O) groups is 1. The number of rotatable bonds is 3. The highest BCUT2D eigenvalue weighted by Crippen LogP contribution is 2.37. The van der Waals surface area contributed by atoms with Gasteiger partial charge in [0, 0.05) is 5.57 Å². The molecule has 0 spiro atoms. The van der Waals surface area contributed by atoms with Crippen molar-refractivity contribution >= 4 is 29.3 Å². The zero-order chi connectivity index (χ0) is 24.6. The van der Waals surface area contributed by atoms with Crippen molar-refractivity contribution < 1.29 is 31.1 Å². The molecule has 0 heterocycles. The molecule has 2 nitrogen and oxygen atoms in total. The Morgan fingerprint density at radius 1 is 1.00 bits per heavy atom. The smallest absolute Gasteiger partial charge is 0.321 e. The lowest BCUT2D eigenvalue weighted by Crippen LogP contribution is -2.18. The summed E-state index contributed by atoms with van der Waals surface area (Å²) in [7, 11) is 0. The zero-order valence-corrected chi connectivity index (χ0v) is 18.2. The molecule has 0 bridgehead atoms. The van der Waals surface area contributed by atoms with Gasteiger partial charge in [0.05, 0.1) is 21.8 Å². The molecule has 0 atom stereocenters. The first-order chi connectivity index (χ1) is 15.3. The molecule has 1 aliphatic rings. The molecule has 174 valence electrons. The lowest BCUT2D eigenvalue weighted by molar-refractivity contribution is -0.138. The molecule has 3 rings (SSSR count). The molecule has 0 radical (unpaired) electrons. The minimum atomic E-state index is -4.62. The number of anilines is 1. The van der Waals surface area contributed by atoms with E-state index in [9.17, 15) is 31.1 Å². The summed E-state index contributed by atoms with van der Waals surface area (Å²) in [6.07, 6.45) is -5.93. The van der Waals surface area contributed by atoms with Crippen molar-refractivity contribution in [3.8, 4) is 0 Å². The van der Waals surface area contributed by atoms with E-state index < -0.39 is 29.4 Å². The molecule has 9 heteroatoms. The maximum absolute atomic E-state index is 13.4. The van der Waals surface area contributed by atoms with Crippen molar-refractivity contribution in [2.45, 2.75) is 32.6 Å². The average Bonchev–Trinajstić information content (AvgIpc) is 2.70.